The first kappa shape index (κ1) is 25.3. The van der Waals surface area contributed by atoms with Crippen LogP contribution < -0.4 is 9.47 Å². The van der Waals surface area contributed by atoms with E-state index in [1.54, 1.807) is 69.4 Å². The summed E-state index contributed by atoms with van der Waals surface area (Å²) < 4.78 is 59.5. The lowest BCUT2D eigenvalue weighted by Gasteiger charge is -2.14. The highest BCUT2D eigenvalue weighted by Gasteiger charge is 2.23. The standard InChI is InChI=1S/C20H10FI3O7S/c21-10-1-6-14(19(25)30-12-4-2-11(22)3-5-12)15(7-10)20(26)31-13-8-16(23)18(17(24)9-13)32(27,28)29/h1-9H,(H,27,28,29)/p-1. The molecule has 7 nitrogen and oxygen atoms in total. The quantitative estimate of drug-likeness (QED) is 0.155. The van der Waals surface area contributed by atoms with Gasteiger partial charge >= 0.3 is 11.9 Å². The Bertz CT molecular complexity index is 1300. The van der Waals surface area contributed by atoms with E-state index in [0.717, 1.165) is 21.8 Å². The van der Waals surface area contributed by atoms with Gasteiger partial charge < -0.3 is 14.0 Å². The fourth-order valence-corrected chi connectivity index (χ4v) is 6.81. The van der Waals surface area contributed by atoms with Crippen LogP contribution in [0.4, 0.5) is 4.39 Å². The molecule has 0 spiro atoms. The van der Waals surface area contributed by atoms with Crippen molar-refractivity contribution in [2.75, 3.05) is 0 Å². The second-order valence-corrected chi connectivity index (χ2v) is 11.0. The van der Waals surface area contributed by atoms with Crippen LogP contribution in [0.3, 0.4) is 0 Å². The van der Waals surface area contributed by atoms with Crippen molar-refractivity contribution in [1.29, 1.82) is 0 Å². The Morgan fingerprint density at radius 3 is 1.88 bits per heavy atom. The number of ether oxygens (including phenoxy) is 2. The second-order valence-electron chi connectivity index (χ2n) is 6.09. The summed E-state index contributed by atoms with van der Waals surface area (Å²) in [4.78, 5) is 24.9. The molecule has 0 aliphatic heterocycles. The lowest BCUT2D eigenvalue weighted by molar-refractivity contribution is 0.0691. The number of esters is 2. The third-order valence-corrected chi connectivity index (χ3v) is 7.97. The Morgan fingerprint density at radius 2 is 1.31 bits per heavy atom. The molecule has 0 radical (unpaired) electrons. The van der Waals surface area contributed by atoms with Gasteiger partial charge in [-0.15, -0.1) is 0 Å². The number of halogens is 4. The van der Waals surface area contributed by atoms with Crippen molar-refractivity contribution in [3.8, 4) is 11.5 Å². The topological polar surface area (TPSA) is 110 Å². The molecule has 0 aliphatic carbocycles. The van der Waals surface area contributed by atoms with Gasteiger partial charge in [-0.1, -0.05) is 0 Å². The van der Waals surface area contributed by atoms with Crippen molar-refractivity contribution >= 4 is 89.8 Å². The van der Waals surface area contributed by atoms with Crippen LogP contribution in [0, 0.1) is 16.5 Å². The van der Waals surface area contributed by atoms with Gasteiger partial charge in [0, 0.05) is 10.7 Å². The van der Waals surface area contributed by atoms with Gasteiger partial charge in [0.25, 0.3) is 0 Å². The van der Waals surface area contributed by atoms with Crippen LogP contribution in [-0.2, 0) is 10.1 Å². The predicted octanol–water partition coefficient (Wildman–Crippen LogP) is 4.98. The molecule has 3 aromatic carbocycles. The van der Waals surface area contributed by atoms with Gasteiger partial charge in [0.2, 0.25) is 0 Å². The minimum atomic E-state index is -4.73. The predicted molar refractivity (Wildman–Crippen MR) is 135 cm³/mol. The number of rotatable bonds is 5. The maximum Gasteiger partial charge on any atom is 0.344 e. The van der Waals surface area contributed by atoms with Crippen molar-refractivity contribution < 1.29 is 36.4 Å². The van der Waals surface area contributed by atoms with E-state index in [9.17, 15) is 27.0 Å². The highest BCUT2D eigenvalue weighted by atomic mass is 127. The highest BCUT2D eigenvalue weighted by Crippen LogP contribution is 2.30. The molecule has 32 heavy (non-hydrogen) atoms. The number of hydrogen-bond donors (Lipinski definition) is 0. The Labute approximate surface area is 222 Å². The van der Waals surface area contributed by atoms with Crippen molar-refractivity contribution in [2.45, 2.75) is 4.90 Å². The van der Waals surface area contributed by atoms with Crippen LogP contribution in [0.2, 0.25) is 0 Å². The molecule has 0 amide bonds. The summed E-state index contributed by atoms with van der Waals surface area (Å²) in [5.74, 6) is -2.59. The van der Waals surface area contributed by atoms with Crippen LogP contribution in [0.1, 0.15) is 20.7 Å². The van der Waals surface area contributed by atoms with E-state index >= 15 is 0 Å². The molecule has 0 aliphatic rings. The van der Waals surface area contributed by atoms with E-state index in [0.29, 0.717) is 0 Å². The largest absolute Gasteiger partial charge is 0.744 e. The van der Waals surface area contributed by atoms with Crippen LogP contribution >= 0.6 is 67.8 Å². The zero-order valence-electron chi connectivity index (χ0n) is 15.5. The fourth-order valence-electron chi connectivity index (χ4n) is 2.52. The van der Waals surface area contributed by atoms with E-state index in [1.807, 2.05) is 0 Å². The summed E-state index contributed by atoms with van der Waals surface area (Å²) in [6, 6.07) is 11.9. The minimum absolute atomic E-state index is 0.0462. The second kappa shape index (κ2) is 10.3. The first-order valence-corrected chi connectivity index (χ1v) is 13.0. The van der Waals surface area contributed by atoms with Crippen molar-refractivity contribution in [1.82, 2.24) is 0 Å². The monoisotopic (exact) mass is 793 g/mol. The van der Waals surface area contributed by atoms with Crippen LogP contribution in [0.25, 0.3) is 0 Å². The summed E-state index contributed by atoms with van der Waals surface area (Å²) in [5.41, 5.74) is -0.607. The molecule has 0 atom stereocenters. The fraction of sp³-hybridized carbons (Fsp3) is 0. The van der Waals surface area contributed by atoms with Crippen molar-refractivity contribution in [3.63, 3.8) is 0 Å². The van der Waals surface area contributed by atoms with E-state index in [2.05, 4.69) is 22.6 Å². The van der Waals surface area contributed by atoms with Gasteiger partial charge in [0.15, 0.2) is 0 Å². The third-order valence-electron chi connectivity index (χ3n) is 3.88. The number of carbonyl (C=O) groups excluding carboxylic acids is 2. The Hall–Kier alpha value is -1.37. The zero-order valence-corrected chi connectivity index (χ0v) is 22.8. The summed E-state index contributed by atoms with van der Waals surface area (Å²) in [6.45, 7) is 0. The first-order chi connectivity index (χ1) is 15.0. The first-order valence-electron chi connectivity index (χ1n) is 8.40. The number of carbonyl (C=O) groups is 2. The molecule has 0 saturated carbocycles. The molecular formula is C20H9FI3O7S-. The van der Waals surface area contributed by atoms with E-state index in [1.165, 1.54) is 12.1 Å². The van der Waals surface area contributed by atoms with Gasteiger partial charge in [-0.05, 0) is 122 Å². The van der Waals surface area contributed by atoms with E-state index < -0.39 is 32.8 Å². The summed E-state index contributed by atoms with van der Waals surface area (Å²) in [7, 11) is -4.73. The number of benzene rings is 3. The molecule has 0 N–H and O–H groups in total. The Kier molecular flexibility index (Phi) is 8.11. The van der Waals surface area contributed by atoms with Gasteiger partial charge in [0.05, 0.1) is 16.0 Å². The lowest BCUT2D eigenvalue weighted by atomic mass is 10.1. The van der Waals surface area contributed by atoms with Crippen molar-refractivity contribution in [2.24, 2.45) is 0 Å². The molecule has 0 unspecified atom stereocenters. The molecule has 0 aromatic heterocycles. The van der Waals surface area contributed by atoms with Crippen LogP contribution in [-0.4, -0.2) is 24.9 Å². The molecule has 12 heteroatoms. The molecule has 0 bridgehead atoms. The molecule has 0 fully saturated rings. The highest BCUT2D eigenvalue weighted by molar-refractivity contribution is 14.1. The molecule has 0 heterocycles. The smallest absolute Gasteiger partial charge is 0.344 e. The lowest BCUT2D eigenvalue weighted by Crippen LogP contribution is -2.18. The van der Waals surface area contributed by atoms with Gasteiger partial charge in [-0.2, -0.15) is 0 Å². The maximum atomic E-state index is 13.8. The average molecular weight is 793 g/mol. The van der Waals surface area contributed by atoms with Crippen LogP contribution in [0.15, 0.2) is 59.5 Å². The molecule has 0 saturated heterocycles. The maximum absolute atomic E-state index is 13.8. The van der Waals surface area contributed by atoms with E-state index in [-0.39, 0.29) is 29.8 Å². The van der Waals surface area contributed by atoms with Crippen molar-refractivity contribution in [3.05, 3.63) is 82.3 Å². The minimum Gasteiger partial charge on any atom is -0.744 e. The number of hydrogen-bond acceptors (Lipinski definition) is 7. The zero-order chi connectivity index (χ0) is 23.6. The SMILES string of the molecule is O=C(Oc1ccc(I)cc1)c1ccc(F)cc1C(=O)Oc1cc(I)c(S(=O)(=O)[O-])c(I)c1. The summed E-state index contributed by atoms with van der Waals surface area (Å²) in [5, 5.41) is 0. The normalized spacial score (nSPS) is 11.2. The van der Waals surface area contributed by atoms with E-state index in [4.69, 9.17) is 9.47 Å². The third kappa shape index (κ3) is 6.15. The molecule has 166 valence electrons. The van der Waals surface area contributed by atoms with Gasteiger partial charge in [-0.3, -0.25) is 0 Å². The van der Waals surface area contributed by atoms with Crippen LogP contribution in [0.5, 0.6) is 11.5 Å². The average Bonchev–Trinajstić information content (AvgIpc) is 2.67. The summed E-state index contributed by atoms with van der Waals surface area (Å²) >= 11 is 5.34. The summed E-state index contributed by atoms with van der Waals surface area (Å²) in [6.07, 6.45) is 0. The van der Waals surface area contributed by atoms with Gasteiger partial charge in [0.1, 0.15) is 27.4 Å². The Balaban J connectivity index is 1.91. The molecule has 3 aromatic rings. The molecular weight excluding hydrogens is 784 g/mol. The Morgan fingerprint density at radius 1 is 0.781 bits per heavy atom. The van der Waals surface area contributed by atoms with Gasteiger partial charge in [-0.25, -0.2) is 22.4 Å². The molecule has 3 rings (SSSR count).